The largest absolute Gasteiger partial charge is 0.482 e. The highest BCUT2D eigenvalue weighted by molar-refractivity contribution is 6.17. The first kappa shape index (κ1) is 29.1. The number of benzene rings is 2. The molecule has 0 unspecified atom stereocenters. The molecular formula is C27H30N2O10. The number of hydrogen-bond acceptors (Lipinski definition) is 10. The van der Waals surface area contributed by atoms with Crippen molar-refractivity contribution in [2.75, 3.05) is 0 Å². The van der Waals surface area contributed by atoms with E-state index >= 15 is 0 Å². The van der Waals surface area contributed by atoms with Crippen LogP contribution in [-0.4, -0.2) is 46.2 Å². The maximum absolute atomic E-state index is 13.3. The molecule has 0 spiro atoms. The minimum Gasteiger partial charge on any atom is -0.482 e. The van der Waals surface area contributed by atoms with Crippen LogP contribution in [0.5, 0.6) is 5.75 Å². The van der Waals surface area contributed by atoms with Crippen molar-refractivity contribution in [1.82, 2.24) is 5.32 Å². The van der Waals surface area contributed by atoms with Crippen molar-refractivity contribution in [2.45, 2.75) is 65.1 Å². The van der Waals surface area contributed by atoms with Gasteiger partial charge in [-0.3, -0.25) is 24.5 Å². The molecule has 1 aliphatic heterocycles. The van der Waals surface area contributed by atoms with E-state index in [-0.39, 0.29) is 30.0 Å². The molecule has 2 aromatic carbocycles. The highest BCUT2D eigenvalue weighted by atomic mass is 16.7. The second-order valence-corrected chi connectivity index (χ2v) is 10.4. The standard InChI is InChI=1S/C27H30N2O10/c1-26(2,3)28-25(33)37-20(22(30)21-23(31)38-27(4,5)39-24(21)32)14-17-11-12-19(18(13-17)29(34)35)36-15-16-9-7-6-8-10-16/h6-13,20-21H,14-15H2,1-5H3,(H,28,33)/t20-/m0/s1. The van der Waals surface area contributed by atoms with Crippen molar-refractivity contribution < 1.29 is 43.0 Å². The van der Waals surface area contributed by atoms with Gasteiger partial charge in [-0.25, -0.2) is 4.79 Å². The third kappa shape index (κ3) is 8.00. The van der Waals surface area contributed by atoms with Crippen molar-refractivity contribution in [3.63, 3.8) is 0 Å². The number of nitro benzene ring substituents is 1. The highest BCUT2D eigenvalue weighted by Crippen LogP contribution is 2.31. The lowest BCUT2D eigenvalue weighted by Gasteiger charge is -2.33. The number of Topliss-reactive ketones (excluding diaryl/α,β-unsaturated/α-hetero) is 1. The molecule has 39 heavy (non-hydrogen) atoms. The van der Waals surface area contributed by atoms with Crippen LogP contribution in [0.4, 0.5) is 10.5 Å². The fourth-order valence-corrected chi connectivity index (χ4v) is 3.71. The van der Waals surface area contributed by atoms with E-state index in [1.54, 1.807) is 32.9 Å². The zero-order valence-corrected chi connectivity index (χ0v) is 22.2. The number of rotatable bonds is 9. The number of alkyl carbamates (subject to hydrolysis) is 1. The summed E-state index contributed by atoms with van der Waals surface area (Å²) in [6.07, 6.45) is -3.04. The van der Waals surface area contributed by atoms with E-state index in [0.29, 0.717) is 0 Å². The number of esters is 2. The van der Waals surface area contributed by atoms with E-state index in [4.69, 9.17) is 18.9 Å². The summed E-state index contributed by atoms with van der Waals surface area (Å²) < 4.78 is 21.0. The Morgan fingerprint density at radius 3 is 2.23 bits per heavy atom. The number of nitro groups is 1. The van der Waals surface area contributed by atoms with Gasteiger partial charge in [0, 0.05) is 31.9 Å². The van der Waals surface area contributed by atoms with Crippen LogP contribution in [0, 0.1) is 16.0 Å². The Morgan fingerprint density at radius 2 is 1.67 bits per heavy atom. The normalized spacial score (nSPS) is 15.9. The highest BCUT2D eigenvalue weighted by Gasteiger charge is 2.50. The minimum absolute atomic E-state index is 0.0106. The molecule has 0 saturated carbocycles. The molecule has 2 aromatic rings. The maximum Gasteiger partial charge on any atom is 0.408 e. The van der Waals surface area contributed by atoms with Gasteiger partial charge in [0.05, 0.1) is 4.92 Å². The first-order chi connectivity index (χ1) is 18.1. The van der Waals surface area contributed by atoms with Crippen LogP contribution in [0.15, 0.2) is 48.5 Å². The first-order valence-corrected chi connectivity index (χ1v) is 12.1. The summed E-state index contributed by atoms with van der Waals surface area (Å²) in [6, 6.07) is 13.0. The Labute approximate surface area is 224 Å². The van der Waals surface area contributed by atoms with Gasteiger partial charge < -0.3 is 24.3 Å². The molecule has 1 atom stereocenters. The van der Waals surface area contributed by atoms with Crippen molar-refractivity contribution in [3.8, 4) is 5.75 Å². The summed E-state index contributed by atoms with van der Waals surface area (Å²) in [5.74, 6) is -6.96. The van der Waals surface area contributed by atoms with E-state index in [1.807, 2.05) is 18.2 Å². The van der Waals surface area contributed by atoms with Crippen LogP contribution < -0.4 is 10.1 Å². The van der Waals surface area contributed by atoms with Crippen LogP contribution in [0.2, 0.25) is 0 Å². The van der Waals surface area contributed by atoms with Crippen LogP contribution in [0.1, 0.15) is 45.7 Å². The lowest BCUT2D eigenvalue weighted by atomic mass is 9.94. The number of carbonyl (C=O) groups excluding carboxylic acids is 4. The molecule has 1 amide bonds. The molecule has 0 bridgehead atoms. The topological polar surface area (TPSA) is 160 Å². The van der Waals surface area contributed by atoms with Gasteiger partial charge in [0.2, 0.25) is 5.92 Å². The third-order valence-corrected chi connectivity index (χ3v) is 5.37. The Balaban J connectivity index is 1.87. The van der Waals surface area contributed by atoms with Gasteiger partial charge in [-0.1, -0.05) is 36.4 Å². The van der Waals surface area contributed by atoms with Gasteiger partial charge in [0.15, 0.2) is 17.6 Å². The fraction of sp³-hybridized carbons (Fsp3) is 0.407. The summed E-state index contributed by atoms with van der Waals surface area (Å²) in [6.45, 7) is 7.78. The van der Waals surface area contributed by atoms with Crippen LogP contribution in [0.25, 0.3) is 0 Å². The van der Waals surface area contributed by atoms with Gasteiger partial charge >= 0.3 is 23.7 Å². The molecule has 208 valence electrons. The summed E-state index contributed by atoms with van der Waals surface area (Å²) in [5, 5.41) is 14.3. The average molecular weight is 543 g/mol. The summed E-state index contributed by atoms with van der Waals surface area (Å²) in [5.41, 5.74) is -0.0942. The average Bonchev–Trinajstić information content (AvgIpc) is 2.80. The maximum atomic E-state index is 13.3. The zero-order valence-electron chi connectivity index (χ0n) is 22.2. The third-order valence-electron chi connectivity index (χ3n) is 5.37. The second kappa shape index (κ2) is 11.5. The molecule has 0 aliphatic carbocycles. The summed E-state index contributed by atoms with van der Waals surface area (Å²) in [7, 11) is 0. The molecule has 12 heteroatoms. The number of ketones is 1. The molecular weight excluding hydrogens is 512 g/mol. The zero-order chi connectivity index (χ0) is 29.0. The Hall–Kier alpha value is -4.48. The number of hydrogen-bond donors (Lipinski definition) is 1. The molecule has 0 aromatic heterocycles. The molecule has 1 fully saturated rings. The molecule has 1 aliphatic rings. The SMILES string of the molecule is CC(C)(C)NC(=O)O[C@@H](Cc1ccc(OCc2ccccc2)c([N+](=O)[O-])c1)C(=O)C1C(=O)OC(C)(C)OC1=O. The number of carbonyl (C=O) groups is 4. The summed E-state index contributed by atoms with van der Waals surface area (Å²) in [4.78, 5) is 62.0. The molecule has 0 radical (unpaired) electrons. The lowest BCUT2D eigenvalue weighted by molar-refractivity contribution is -0.386. The van der Waals surface area contributed by atoms with Gasteiger partial charge in [0.1, 0.15) is 6.61 Å². The van der Waals surface area contributed by atoms with Gasteiger partial charge in [-0.05, 0) is 38.0 Å². The second-order valence-electron chi connectivity index (χ2n) is 10.4. The lowest BCUT2D eigenvalue weighted by Crippen LogP contribution is -2.52. The van der Waals surface area contributed by atoms with Crippen LogP contribution in [-0.2, 0) is 41.6 Å². The Bertz CT molecular complexity index is 1250. The molecule has 12 nitrogen and oxygen atoms in total. The molecule has 3 rings (SSSR count). The number of cyclic esters (lactones) is 2. The monoisotopic (exact) mass is 542 g/mol. The fourth-order valence-electron chi connectivity index (χ4n) is 3.71. The van der Waals surface area contributed by atoms with Gasteiger partial charge in [-0.2, -0.15) is 0 Å². The number of amides is 1. The van der Waals surface area contributed by atoms with E-state index in [9.17, 15) is 29.3 Å². The molecule has 1 saturated heterocycles. The molecule has 1 heterocycles. The van der Waals surface area contributed by atoms with Gasteiger partial charge in [0.25, 0.3) is 5.79 Å². The van der Waals surface area contributed by atoms with Crippen molar-refractivity contribution in [2.24, 2.45) is 5.92 Å². The van der Waals surface area contributed by atoms with Gasteiger partial charge in [-0.15, -0.1) is 0 Å². The predicted octanol–water partition coefficient (Wildman–Crippen LogP) is 3.63. The van der Waals surface area contributed by atoms with Crippen molar-refractivity contribution in [1.29, 1.82) is 0 Å². The predicted molar refractivity (Wildman–Crippen MR) is 135 cm³/mol. The van der Waals surface area contributed by atoms with Crippen molar-refractivity contribution in [3.05, 3.63) is 69.8 Å². The summed E-state index contributed by atoms with van der Waals surface area (Å²) >= 11 is 0. The van der Waals surface area contributed by atoms with Crippen LogP contribution in [0.3, 0.4) is 0 Å². The number of ether oxygens (including phenoxy) is 4. The molecule has 1 N–H and O–H groups in total. The number of nitrogens with zero attached hydrogens (tertiary/aromatic N) is 1. The van der Waals surface area contributed by atoms with Crippen molar-refractivity contribution >= 4 is 29.5 Å². The van der Waals surface area contributed by atoms with E-state index in [1.165, 1.54) is 32.0 Å². The van der Waals surface area contributed by atoms with E-state index in [0.717, 1.165) is 5.56 Å². The minimum atomic E-state index is -1.99. The van der Waals surface area contributed by atoms with E-state index in [2.05, 4.69) is 5.32 Å². The van der Waals surface area contributed by atoms with E-state index < -0.39 is 52.1 Å². The smallest absolute Gasteiger partial charge is 0.408 e. The number of nitrogens with one attached hydrogen (secondary N) is 1. The quantitative estimate of drug-likeness (QED) is 0.214. The van der Waals surface area contributed by atoms with Crippen LogP contribution >= 0.6 is 0 Å². The first-order valence-electron chi connectivity index (χ1n) is 12.1. The Kier molecular flexibility index (Phi) is 8.58. The Morgan fingerprint density at radius 1 is 1.05 bits per heavy atom.